The molecule has 1 atom stereocenters. The Kier molecular flexibility index (Phi) is 7.41. The van der Waals surface area contributed by atoms with Crippen LogP contribution < -0.4 is 4.74 Å². The Balaban J connectivity index is 1.78. The van der Waals surface area contributed by atoms with Crippen LogP contribution in [-0.2, 0) is 14.3 Å². The van der Waals surface area contributed by atoms with E-state index in [1.807, 2.05) is 32.0 Å². The van der Waals surface area contributed by atoms with E-state index in [1.165, 1.54) is 0 Å². The van der Waals surface area contributed by atoms with Crippen molar-refractivity contribution >= 4 is 11.9 Å². The number of aryl methyl sites for hydroxylation is 1. The normalized spacial score (nSPS) is 17.4. The van der Waals surface area contributed by atoms with Crippen LogP contribution in [-0.4, -0.2) is 79.3 Å². The summed E-state index contributed by atoms with van der Waals surface area (Å²) in [7, 11) is 1.73. The van der Waals surface area contributed by atoms with E-state index in [9.17, 15) is 9.59 Å². The SMILES string of the molecule is Cc1cccc(OCCC(=O)N2CCOC(CN(C)CC(=O)O)C2)c1C. The number of carboxylic acids is 1. The van der Waals surface area contributed by atoms with Crippen molar-refractivity contribution < 1.29 is 24.2 Å². The molecule has 7 heteroatoms. The van der Waals surface area contributed by atoms with E-state index in [4.69, 9.17) is 14.6 Å². The lowest BCUT2D eigenvalue weighted by Crippen LogP contribution is -2.49. The van der Waals surface area contributed by atoms with Gasteiger partial charge in [0.1, 0.15) is 5.75 Å². The first-order valence-corrected chi connectivity index (χ1v) is 8.85. The minimum Gasteiger partial charge on any atom is -0.493 e. The number of hydrogen-bond acceptors (Lipinski definition) is 5. The van der Waals surface area contributed by atoms with Crippen LogP contribution in [0.3, 0.4) is 0 Å². The van der Waals surface area contributed by atoms with E-state index < -0.39 is 5.97 Å². The molecule has 0 bridgehead atoms. The van der Waals surface area contributed by atoms with Gasteiger partial charge in [-0.15, -0.1) is 0 Å². The molecule has 26 heavy (non-hydrogen) atoms. The third-order valence-electron chi connectivity index (χ3n) is 4.54. The van der Waals surface area contributed by atoms with Gasteiger partial charge in [0.05, 0.1) is 32.3 Å². The number of carbonyl (C=O) groups is 2. The Morgan fingerprint density at radius 1 is 1.38 bits per heavy atom. The second-order valence-corrected chi connectivity index (χ2v) is 6.72. The van der Waals surface area contributed by atoms with Crippen LogP contribution in [0.1, 0.15) is 17.5 Å². The van der Waals surface area contributed by atoms with Crippen molar-refractivity contribution in [2.45, 2.75) is 26.4 Å². The zero-order chi connectivity index (χ0) is 19.1. The molecular weight excluding hydrogens is 336 g/mol. The van der Waals surface area contributed by atoms with Crippen LogP contribution in [0.2, 0.25) is 0 Å². The van der Waals surface area contributed by atoms with Gasteiger partial charge in [0, 0.05) is 19.6 Å². The number of morpholine rings is 1. The summed E-state index contributed by atoms with van der Waals surface area (Å²) in [4.78, 5) is 26.6. The lowest BCUT2D eigenvalue weighted by molar-refractivity contribution is -0.142. The highest BCUT2D eigenvalue weighted by molar-refractivity contribution is 5.76. The summed E-state index contributed by atoms with van der Waals surface area (Å²) < 4.78 is 11.4. The molecule has 2 rings (SSSR count). The molecule has 1 aliphatic heterocycles. The fourth-order valence-corrected chi connectivity index (χ4v) is 2.99. The molecule has 1 aromatic rings. The predicted octanol–water partition coefficient (Wildman–Crippen LogP) is 1.32. The minimum absolute atomic E-state index is 0.0319. The van der Waals surface area contributed by atoms with Crippen molar-refractivity contribution in [3.8, 4) is 5.75 Å². The molecule has 1 amide bonds. The van der Waals surface area contributed by atoms with Gasteiger partial charge >= 0.3 is 5.97 Å². The van der Waals surface area contributed by atoms with Crippen molar-refractivity contribution in [3.63, 3.8) is 0 Å². The highest BCUT2D eigenvalue weighted by Crippen LogP contribution is 2.20. The number of carboxylic acid groups (broad SMARTS) is 1. The standard InChI is InChI=1S/C19H28N2O5/c1-14-5-4-6-17(15(14)2)26-9-7-18(22)21-8-10-25-16(12-21)11-20(3)13-19(23)24/h4-6,16H,7-13H2,1-3H3,(H,23,24). The summed E-state index contributed by atoms with van der Waals surface area (Å²) in [6.07, 6.45) is 0.141. The molecule has 0 spiro atoms. The van der Waals surface area contributed by atoms with E-state index in [0.29, 0.717) is 39.3 Å². The summed E-state index contributed by atoms with van der Waals surface area (Å²) in [5.41, 5.74) is 2.25. The monoisotopic (exact) mass is 364 g/mol. The van der Waals surface area contributed by atoms with Crippen molar-refractivity contribution in [1.29, 1.82) is 0 Å². The average Bonchev–Trinajstić information content (AvgIpc) is 2.58. The first-order valence-electron chi connectivity index (χ1n) is 8.85. The molecular formula is C19H28N2O5. The molecule has 7 nitrogen and oxygen atoms in total. The molecule has 0 aromatic heterocycles. The molecule has 1 aliphatic rings. The summed E-state index contributed by atoms with van der Waals surface area (Å²) >= 11 is 0. The Hall–Kier alpha value is -2.12. The number of ether oxygens (including phenoxy) is 2. The third kappa shape index (κ3) is 6.00. The van der Waals surface area contributed by atoms with Crippen LogP contribution in [0, 0.1) is 13.8 Å². The smallest absolute Gasteiger partial charge is 0.317 e. The zero-order valence-electron chi connectivity index (χ0n) is 15.7. The molecule has 1 N–H and O–H groups in total. The molecule has 0 aliphatic carbocycles. The molecule has 1 saturated heterocycles. The molecule has 1 heterocycles. The number of amides is 1. The summed E-state index contributed by atoms with van der Waals surface area (Å²) in [6.45, 7) is 6.31. The quantitative estimate of drug-likeness (QED) is 0.749. The predicted molar refractivity (Wildman–Crippen MR) is 97.5 cm³/mol. The summed E-state index contributed by atoms with van der Waals surface area (Å²) in [6, 6.07) is 5.89. The average molecular weight is 364 g/mol. The van der Waals surface area contributed by atoms with E-state index in [-0.39, 0.29) is 18.6 Å². The number of nitrogens with zero attached hydrogens (tertiary/aromatic N) is 2. The third-order valence-corrected chi connectivity index (χ3v) is 4.54. The van der Waals surface area contributed by atoms with Crippen molar-refractivity contribution in [2.75, 3.05) is 46.4 Å². The van der Waals surface area contributed by atoms with Gasteiger partial charge < -0.3 is 19.5 Å². The minimum atomic E-state index is -0.875. The first-order chi connectivity index (χ1) is 12.4. The second kappa shape index (κ2) is 9.54. The first kappa shape index (κ1) is 20.2. The fourth-order valence-electron chi connectivity index (χ4n) is 2.99. The molecule has 144 valence electrons. The fraction of sp³-hybridized carbons (Fsp3) is 0.579. The van der Waals surface area contributed by atoms with Gasteiger partial charge in [0.2, 0.25) is 5.91 Å². The number of aliphatic carboxylic acids is 1. The highest BCUT2D eigenvalue weighted by Gasteiger charge is 2.25. The van der Waals surface area contributed by atoms with Crippen LogP contribution in [0.25, 0.3) is 0 Å². The maximum absolute atomic E-state index is 12.4. The van der Waals surface area contributed by atoms with Gasteiger partial charge in [0.15, 0.2) is 0 Å². The Bertz CT molecular complexity index is 634. The Morgan fingerprint density at radius 2 is 2.15 bits per heavy atom. The molecule has 0 saturated carbocycles. The maximum atomic E-state index is 12.4. The van der Waals surface area contributed by atoms with E-state index >= 15 is 0 Å². The number of rotatable bonds is 8. The number of benzene rings is 1. The van der Waals surface area contributed by atoms with Crippen LogP contribution in [0.4, 0.5) is 0 Å². The second-order valence-electron chi connectivity index (χ2n) is 6.72. The van der Waals surface area contributed by atoms with Crippen LogP contribution in [0.15, 0.2) is 18.2 Å². The van der Waals surface area contributed by atoms with Gasteiger partial charge in [-0.1, -0.05) is 12.1 Å². The number of carbonyl (C=O) groups excluding carboxylic acids is 1. The van der Waals surface area contributed by atoms with E-state index in [0.717, 1.165) is 16.9 Å². The lowest BCUT2D eigenvalue weighted by atomic mass is 10.1. The summed E-state index contributed by atoms with van der Waals surface area (Å²) in [5, 5.41) is 8.82. The number of hydrogen-bond donors (Lipinski definition) is 1. The van der Waals surface area contributed by atoms with Crippen molar-refractivity contribution in [2.24, 2.45) is 0 Å². The molecule has 1 aromatic carbocycles. The Morgan fingerprint density at radius 3 is 2.88 bits per heavy atom. The van der Waals surface area contributed by atoms with E-state index in [1.54, 1.807) is 16.8 Å². The molecule has 1 unspecified atom stereocenters. The topological polar surface area (TPSA) is 79.3 Å². The highest BCUT2D eigenvalue weighted by atomic mass is 16.5. The number of likely N-dealkylation sites (N-methyl/N-ethyl adjacent to an activating group) is 1. The van der Waals surface area contributed by atoms with Gasteiger partial charge in [-0.2, -0.15) is 0 Å². The molecule has 1 fully saturated rings. The van der Waals surface area contributed by atoms with Crippen LogP contribution in [0.5, 0.6) is 5.75 Å². The summed E-state index contributed by atoms with van der Waals surface area (Å²) in [5.74, 6) is -0.0303. The maximum Gasteiger partial charge on any atom is 0.317 e. The van der Waals surface area contributed by atoms with E-state index in [2.05, 4.69) is 0 Å². The largest absolute Gasteiger partial charge is 0.493 e. The van der Waals surface area contributed by atoms with Gasteiger partial charge in [0.25, 0.3) is 0 Å². The Labute approximate surface area is 154 Å². The van der Waals surface area contributed by atoms with Gasteiger partial charge in [-0.3, -0.25) is 14.5 Å². The van der Waals surface area contributed by atoms with Crippen molar-refractivity contribution in [3.05, 3.63) is 29.3 Å². The molecule has 0 radical (unpaired) electrons. The zero-order valence-corrected chi connectivity index (χ0v) is 15.7. The lowest BCUT2D eigenvalue weighted by Gasteiger charge is -2.34. The van der Waals surface area contributed by atoms with Gasteiger partial charge in [-0.25, -0.2) is 0 Å². The van der Waals surface area contributed by atoms with Gasteiger partial charge in [-0.05, 0) is 38.1 Å². The van der Waals surface area contributed by atoms with Crippen LogP contribution >= 0.6 is 0 Å². The van der Waals surface area contributed by atoms with Crippen molar-refractivity contribution in [1.82, 2.24) is 9.80 Å².